The maximum Gasteiger partial charge on any atom is 0.0679 e. The van der Waals surface area contributed by atoms with Gasteiger partial charge in [-0.15, -0.1) is 0 Å². The second kappa shape index (κ2) is 4.62. The zero-order chi connectivity index (χ0) is 11.5. The normalized spacial score (nSPS) is 15.4. The van der Waals surface area contributed by atoms with Crippen molar-refractivity contribution in [3.8, 4) is 0 Å². The van der Waals surface area contributed by atoms with Crippen molar-refractivity contribution in [3.05, 3.63) is 48.3 Å². The minimum atomic E-state index is 0.861. The summed E-state index contributed by atoms with van der Waals surface area (Å²) < 4.78 is 1.98. The van der Waals surface area contributed by atoms with Crippen molar-refractivity contribution >= 4 is 5.69 Å². The van der Waals surface area contributed by atoms with Crippen LogP contribution in [0.1, 0.15) is 18.4 Å². The molecule has 0 radical (unpaired) electrons. The lowest BCUT2D eigenvalue weighted by Crippen LogP contribution is -2.19. The Morgan fingerprint density at radius 3 is 2.65 bits per heavy atom. The van der Waals surface area contributed by atoms with Crippen LogP contribution in [0.4, 0.5) is 5.69 Å². The van der Waals surface area contributed by atoms with Crippen LogP contribution in [0.25, 0.3) is 0 Å². The summed E-state index contributed by atoms with van der Waals surface area (Å²) in [5.74, 6) is 0. The van der Waals surface area contributed by atoms with Crippen molar-refractivity contribution in [2.75, 3.05) is 18.0 Å². The fourth-order valence-corrected chi connectivity index (χ4v) is 2.48. The number of hydrogen-bond acceptors (Lipinski definition) is 2. The topological polar surface area (TPSA) is 21.1 Å². The van der Waals surface area contributed by atoms with E-state index in [4.69, 9.17) is 0 Å². The molecule has 0 saturated carbocycles. The van der Waals surface area contributed by atoms with Crippen LogP contribution < -0.4 is 4.90 Å². The molecule has 0 amide bonds. The quantitative estimate of drug-likeness (QED) is 0.803. The van der Waals surface area contributed by atoms with Crippen molar-refractivity contribution in [1.82, 2.24) is 9.78 Å². The molecule has 0 unspecified atom stereocenters. The number of aromatic nitrogens is 2. The first-order valence-corrected chi connectivity index (χ1v) is 6.24. The molecule has 88 valence electrons. The van der Waals surface area contributed by atoms with E-state index in [0.717, 1.165) is 6.54 Å². The summed E-state index contributed by atoms with van der Waals surface area (Å²) in [6.45, 7) is 3.24. The van der Waals surface area contributed by atoms with Gasteiger partial charge in [0.2, 0.25) is 0 Å². The van der Waals surface area contributed by atoms with Crippen LogP contribution in [0, 0.1) is 0 Å². The van der Waals surface area contributed by atoms with E-state index < -0.39 is 0 Å². The fourth-order valence-electron chi connectivity index (χ4n) is 2.48. The first kappa shape index (κ1) is 10.4. The van der Waals surface area contributed by atoms with Gasteiger partial charge < -0.3 is 4.90 Å². The lowest BCUT2D eigenvalue weighted by Gasteiger charge is -2.21. The van der Waals surface area contributed by atoms with Crippen LogP contribution in [-0.4, -0.2) is 22.9 Å². The van der Waals surface area contributed by atoms with Crippen LogP contribution in [0.15, 0.2) is 42.7 Å². The third-order valence-electron chi connectivity index (χ3n) is 3.33. The summed E-state index contributed by atoms with van der Waals surface area (Å²) in [5, 5.41) is 4.28. The molecule has 1 aromatic heterocycles. The zero-order valence-corrected chi connectivity index (χ0v) is 9.92. The molecule has 0 N–H and O–H groups in total. The summed E-state index contributed by atoms with van der Waals surface area (Å²) in [4.78, 5) is 2.48. The Labute approximate surface area is 102 Å². The molecule has 0 spiro atoms. The van der Waals surface area contributed by atoms with E-state index in [1.807, 2.05) is 23.1 Å². The highest BCUT2D eigenvalue weighted by atomic mass is 15.3. The third kappa shape index (κ3) is 2.18. The van der Waals surface area contributed by atoms with Gasteiger partial charge in [-0.1, -0.05) is 18.2 Å². The third-order valence-corrected chi connectivity index (χ3v) is 3.33. The summed E-state index contributed by atoms with van der Waals surface area (Å²) >= 11 is 0. The number of benzene rings is 1. The van der Waals surface area contributed by atoms with Crippen molar-refractivity contribution in [3.63, 3.8) is 0 Å². The van der Waals surface area contributed by atoms with Gasteiger partial charge in [-0.25, -0.2) is 0 Å². The lowest BCUT2D eigenvalue weighted by atomic mass is 10.1. The van der Waals surface area contributed by atoms with Gasteiger partial charge in [-0.3, -0.25) is 4.68 Å². The summed E-state index contributed by atoms with van der Waals surface area (Å²) in [7, 11) is 0. The van der Waals surface area contributed by atoms with Gasteiger partial charge in [0.1, 0.15) is 0 Å². The first-order chi connectivity index (χ1) is 8.43. The zero-order valence-electron chi connectivity index (χ0n) is 9.92. The minimum Gasteiger partial charge on any atom is -0.371 e. The average molecular weight is 227 g/mol. The van der Waals surface area contributed by atoms with Crippen molar-refractivity contribution in [2.24, 2.45) is 0 Å². The van der Waals surface area contributed by atoms with Crippen molar-refractivity contribution in [2.45, 2.75) is 19.4 Å². The molecule has 0 aliphatic carbocycles. The van der Waals surface area contributed by atoms with Gasteiger partial charge in [0.15, 0.2) is 0 Å². The van der Waals surface area contributed by atoms with E-state index in [0.29, 0.717) is 0 Å². The molecular formula is C14H17N3. The van der Waals surface area contributed by atoms with E-state index >= 15 is 0 Å². The number of para-hydroxylation sites is 1. The van der Waals surface area contributed by atoms with E-state index in [1.54, 1.807) is 0 Å². The Bertz CT molecular complexity index is 470. The van der Waals surface area contributed by atoms with Crippen molar-refractivity contribution in [1.29, 1.82) is 0 Å². The van der Waals surface area contributed by atoms with E-state index in [-0.39, 0.29) is 0 Å². The Morgan fingerprint density at radius 1 is 1.06 bits per heavy atom. The molecule has 1 aliphatic heterocycles. The van der Waals surface area contributed by atoms with Gasteiger partial charge in [0, 0.05) is 31.2 Å². The predicted octanol–water partition coefficient (Wildman–Crippen LogP) is 2.53. The second-order valence-electron chi connectivity index (χ2n) is 4.53. The molecule has 2 heterocycles. The van der Waals surface area contributed by atoms with E-state index in [2.05, 4.69) is 34.3 Å². The summed E-state index contributed by atoms with van der Waals surface area (Å²) in [6.07, 6.45) is 6.48. The number of nitrogens with zero attached hydrogens (tertiary/aromatic N) is 3. The Morgan fingerprint density at radius 2 is 1.88 bits per heavy atom. The Kier molecular flexibility index (Phi) is 2.82. The molecule has 3 nitrogen and oxygen atoms in total. The van der Waals surface area contributed by atoms with Crippen LogP contribution in [-0.2, 0) is 6.54 Å². The molecule has 1 saturated heterocycles. The molecule has 0 atom stereocenters. The monoisotopic (exact) mass is 227 g/mol. The first-order valence-electron chi connectivity index (χ1n) is 6.24. The largest absolute Gasteiger partial charge is 0.371 e. The SMILES string of the molecule is c1ccc(N2CCCC2)c(Cn2cccn2)c1. The number of anilines is 1. The van der Waals surface area contributed by atoms with Crippen molar-refractivity contribution < 1.29 is 0 Å². The van der Waals surface area contributed by atoms with E-state index in [9.17, 15) is 0 Å². The van der Waals surface area contributed by atoms with Gasteiger partial charge in [0.25, 0.3) is 0 Å². The van der Waals surface area contributed by atoms with Crippen LogP contribution in [0.3, 0.4) is 0 Å². The average Bonchev–Trinajstić information content (AvgIpc) is 3.01. The van der Waals surface area contributed by atoms with Gasteiger partial charge >= 0.3 is 0 Å². The smallest absolute Gasteiger partial charge is 0.0679 e. The summed E-state index contributed by atoms with van der Waals surface area (Å²) in [6, 6.07) is 10.6. The van der Waals surface area contributed by atoms with Gasteiger partial charge in [0.05, 0.1) is 6.54 Å². The lowest BCUT2D eigenvalue weighted by molar-refractivity contribution is 0.685. The predicted molar refractivity (Wildman–Crippen MR) is 69.2 cm³/mol. The highest BCUT2D eigenvalue weighted by molar-refractivity contribution is 5.54. The molecule has 2 aromatic rings. The number of hydrogen-bond donors (Lipinski definition) is 0. The minimum absolute atomic E-state index is 0.861. The van der Waals surface area contributed by atoms with Gasteiger partial charge in [-0.2, -0.15) is 5.10 Å². The molecule has 1 aliphatic rings. The van der Waals surface area contributed by atoms with Crippen LogP contribution >= 0.6 is 0 Å². The highest BCUT2D eigenvalue weighted by Gasteiger charge is 2.15. The molecule has 3 heteroatoms. The molecule has 1 fully saturated rings. The van der Waals surface area contributed by atoms with Crippen LogP contribution in [0.2, 0.25) is 0 Å². The molecule has 1 aromatic carbocycles. The molecule has 3 rings (SSSR count). The molecule has 17 heavy (non-hydrogen) atoms. The van der Waals surface area contributed by atoms with E-state index in [1.165, 1.54) is 37.2 Å². The maximum atomic E-state index is 4.28. The van der Waals surface area contributed by atoms with Crippen LogP contribution in [0.5, 0.6) is 0 Å². The standard InChI is InChI=1S/C14H17N3/c1-2-7-14(16-9-3-4-10-16)13(6-1)12-17-11-5-8-15-17/h1-2,5-8,11H,3-4,9-10,12H2. The molecule has 0 bridgehead atoms. The summed E-state index contributed by atoms with van der Waals surface area (Å²) in [5.41, 5.74) is 2.73. The highest BCUT2D eigenvalue weighted by Crippen LogP contribution is 2.24. The van der Waals surface area contributed by atoms with Gasteiger partial charge in [-0.05, 0) is 30.5 Å². The number of rotatable bonds is 3. The maximum absolute atomic E-state index is 4.28. The fraction of sp³-hybridized carbons (Fsp3) is 0.357. The molecular weight excluding hydrogens is 210 g/mol. The Balaban J connectivity index is 1.87. The Hall–Kier alpha value is -1.77. The second-order valence-corrected chi connectivity index (χ2v) is 4.53.